The third-order valence-corrected chi connectivity index (χ3v) is 2.56. The maximum absolute atomic E-state index is 5.10. The maximum atomic E-state index is 5.10. The molecule has 11 heavy (non-hydrogen) atoms. The molecule has 0 spiro atoms. The molecule has 2 nitrogen and oxygen atoms in total. The number of rotatable bonds is 3. The zero-order chi connectivity index (χ0) is 8.10. The topological polar surface area (TPSA) is 18.5 Å². The molecule has 0 saturated heterocycles. The van der Waals surface area contributed by atoms with Crippen LogP contribution in [0.25, 0.3) is 0 Å². The van der Waals surface area contributed by atoms with Gasteiger partial charge in [0.05, 0.1) is 7.11 Å². The fraction of sp³-hybridized carbons (Fsp3) is 0.250. The lowest BCUT2D eigenvalue weighted by Crippen LogP contribution is -2.14. The molecular weight excluding hydrogens is 156 g/mol. The molecular formula is C8H12O2Si. The van der Waals surface area contributed by atoms with E-state index in [1.165, 1.54) is 5.19 Å². The first-order valence-electron chi connectivity index (χ1n) is 3.48. The lowest BCUT2D eigenvalue weighted by atomic mass is 10.3. The van der Waals surface area contributed by atoms with E-state index in [4.69, 9.17) is 9.16 Å². The molecule has 0 atom stereocenters. The van der Waals surface area contributed by atoms with Gasteiger partial charge in [-0.1, -0.05) is 12.1 Å². The smallest absolute Gasteiger partial charge is 0.191 e. The fourth-order valence-electron chi connectivity index (χ4n) is 0.888. The van der Waals surface area contributed by atoms with Crippen molar-refractivity contribution < 1.29 is 9.16 Å². The quantitative estimate of drug-likeness (QED) is 0.594. The SMILES string of the molecule is CO[SiH2]c1ccc(OC)cc1. The third-order valence-electron chi connectivity index (χ3n) is 1.47. The molecule has 0 aliphatic rings. The maximum Gasteiger partial charge on any atom is 0.191 e. The largest absolute Gasteiger partial charge is 0.497 e. The van der Waals surface area contributed by atoms with E-state index in [0.717, 1.165) is 5.75 Å². The summed E-state index contributed by atoms with van der Waals surface area (Å²) in [5.41, 5.74) is 0. The van der Waals surface area contributed by atoms with Crippen LogP contribution in [-0.2, 0) is 4.43 Å². The number of hydrogen-bond acceptors (Lipinski definition) is 2. The predicted molar refractivity (Wildman–Crippen MR) is 48.2 cm³/mol. The molecule has 0 aliphatic heterocycles. The van der Waals surface area contributed by atoms with Crippen LogP contribution in [0, 0.1) is 0 Å². The van der Waals surface area contributed by atoms with Gasteiger partial charge in [0.2, 0.25) is 0 Å². The highest BCUT2D eigenvalue weighted by molar-refractivity contribution is 6.46. The second-order valence-corrected chi connectivity index (χ2v) is 3.96. The summed E-state index contributed by atoms with van der Waals surface area (Å²) in [7, 11) is 2.94. The van der Waals surface area contributed by atoms with E-state index in [0.29, 0.717) is 0 Å². The van der Waals surface area contributed by atoms with Gasteiger partial charge in [0.1, 0.15) is 5.75 Å². The Morgan fingerprint density at radius 1 is 1.09 bits per heavy atom. The summed E-state index contributed by atoms with van der Waals surface area (Å²) in [6.45, 7) is 0. The summed E-state index contributed by atoms with van der Waals surface area (Å²) in [6, 6.07) is 8.02. The molecule has 1 aromatic carbocycles. The first-order chi connectivity index (χ1) is 5.36. The Balaban J connectivity index is 2.66. The fourth-order valence-corrected chi connectivity index (χ4v) is 1.65. The van der Waals surface area contributed by atoms with Crippen LogP contribution in [-0.4, -0.2) is 24.0 Å². The third kappa shape index (κ3) is 2.36. The summed E-state index contributed by atoms with van der Waals surface area (Å²) >= 11 is 0. The van der Waals surface area contributed by atoms with Crippen molar-refractivity contribution in [3.8, 4) is 5.75 Å². The van der Waals surface area contributed by atoms with E-state index in [1.807, 2.05) is 12.1 Å². The summed E-state index contributed by atoms with van der Waals surface area (Å²) in [4.78, 5) is 0. The van der Waals surface area contributed by atoms with Crippen LogP contribution in [0.4, 0.5) is 0 Å². The first-order valence-corrected chi connectivity index (χ1v) is 4.77. The highest BCUT2D eigenvalue weighted by Crippen LogP contribution is 2.04. The van der Waals surface area contributed by atoms with Crippen molar-refractivity contribution in [2.75, 3.05) is 14.2 Å². The number of benzene rings is 1. The molecule has 0 aliphatic carbocycles. The van der Waals surface area contributed by atoms with Crippen molar-refractivity contribution in [1.29, 1.82) is 0 Å². The van der Waals surface area contributed by atoms with E-state index >= 15 is 0 Å². The molecule has 0 fully saturated rings. The molecule has 0 amide bonds. The normalized spacial score (nSPS) is 10.7. The van der Waals surface area contributed by atoms with Crippen molar-refractivity contribution in [3.05, 3.63) is 24.3 Å². The Labute approximate surface area is 69.1 Å². The highest BCUT2D eigenvalue weighted by Gasteiger charge is 1.92. The van der Waals surface area contributed by atoms with Gasteiger partial charge >= 0.3 is 0 Å². The van der Waals surface area contributed by atoms with Crippen LogP contribution in [0.3, 0.4) is 0 Å². The minimum Gasteiger partial charge on any atom is -0.497 e. The van der Waals surface area contributed by atoms with E-state index in [9.17, 15) is 0 Å². The Morgan fingerprint density at radius 2 is 1.73 bits per heavy atom. The van der Waals surface area contributed by atoms with Gasteiger partial charge in [0, 0.05) is 7.11 Å². The number of ether oxygens (including phenoxy) is 1. The first kappa shape index (κ1) is 8.29. The van der Waals surface area contributed by atoms with Crippen molar-refractivity contribution >= 4 is 14.9 Å². The van der Waals surface area contributed by atoms with Gasteiger partial charge in [-0.2, -0.15) is 0 Å². The van der Waals surface area contributed by atoms with E-state index in [2.05, 4.69) is 12.1 Å². The van der Waals surface area contributed by atoms with Crippen molar-refractivity contribution in [3.63, 3.8) is 0 Å². The summed E-state index contributed by atoms with van der Waals surface area (Å²) in [6.07, 6.45) is 0. The zero-order valence-electron chi connectivity index (χ0n) is 6.83. The standard InChI is InChI=1S/C8H12O2Si/c1-9-7-3-5-8(6-4-7)11-10-2/h3-6H,11H2,1-2H3. The summed E-state index contributed by atoms with van der Waals surface area (Å²) in [5.74, 6) is 0.902. The molecule has 0 radical (unpaired) electrons. The van der Waals surface area contributed by atoms with Crippen LogP contribution in [0.2, 0.25) is 0 Å². The van der Waals surface area contributed by atoms with Gasteiger partial charge < -0.3 is 9.16 Å². The van der Waals surface area contributed by atoms with Gasteiger partial charge in [0.25, 0.3) is 0 Å². The van der Waals surface area contributed by atoms with Gasteiger partial charge in [-0.25, -0.2) is 0 Å². The second kappa shape index (κ2) is 4.15. The molecule has 60 valence electrons. The molecule has 3 heteroatoms. The predicted octanol–water partition coefficient (Wildman–Crippen LogP) is 0.0507. The average Bonchev–Trinajstić information content (AvgIpc) is 2.07. The lowest BCUT2D eigenvalue weighted by molar-refractivity contribution is 0.415. The van der Waals surface area contributed by atoms with Crippen molar-refractivity contribution in [2.24, 2.45) is 0 Å². The summed E-state index contributed by atoms with van der Waals surface area (Å²) in [5, 5.41) is 1.30. The zero-order valence-corrected chi connectivity index (χ0v) is 8.25. The summed E-state index contributed by atoms with van der Waals surface area (Å²) < 4.78 is 10.1. The molecule has 0 saturated carbocycles. The van der Waals surface area contributed by atoms with Crippen LogP contribution in [0.15, 0.2) is 24.3 Å². The Bertz CT molecular complexity index is 208. The minimum atomic E-state index is -0.480. The van der Waals surface area contributed by atoms with Crippen molar-refractivity contribution in [1.82, 2.24) is 0 Å². The van der Waals surface area contributed by atoms with Crippen LogP contribution in [0.5, 0.6) is 5.75 Å². The van der Waals surface area contributed by atoms with E-state index in [1.54, 1.807) is 14.2 Å². The molecule has 0 aromatic heterocycles. The molecule has 0 unspecified atom stereocenters. The Kier molecular flexibility index (Phi) is 3.13. The molecule has 0 heterocycles. The van der Waals surface area contributed by atoms with Crippen LogP contribution in [0.1, 0.15) is 0 Å². The van der Waals surface area contributed by atoms with E-state index < -0.39 is 9.76 Å². The number of methoxy groups -OCH3 is 1. The Hall–Kier alpha value is -0.803. The average molecular weight is 168 g/mol. The number of hydrogen-bond donors (Lipinski definition) is 0. The van der Waals surface area contributed by atoms with Crippen molar-refractivity contribution in [2.45, 2.75) is 0 Å². The molecule has 0 N–H and O–H groups in total. The monoisotopic (exact) mass is 168 g/mol. The Morgan fingerprint density at radius 3 is 2.18 bits per heavy atom. The van der Waals surface area contributed by atoms with Gasteiger partial charge in [0.15, 0.2) is 9.76 Å². The molecule has 1 aromatic rings. The lowest BCUT2D eigenvalue weighted by Gasteiger charge is -2.00. The second-order valence-electron chi connectivity index (χ2n) is 2.28. The molecule has 0 bridgehead atoms. The molecule has 1 rings (SSSR count). The van der Waals surface area contributed by atoms with E-state index in [-0.39, 0.29) is 0 Å². The van der Waals surface area contributed by atoms with Gasteiger partial charge in [-0.3, -0.25) is 0 Å². The van der Waals surface area contributed by atoms with Crippen LogP contribution < -0.4 is 9.92 Å². The minimum absolute atomic E-state index is 0.480. The highest BCUT2D eigenvalue weighted by atomic mass is 28.2. The van der Waals surface area contributed by atoms with Gasteiger partial charge in [-0.15, -0.1) is 0 Å². The van der Waals surface area contributed by atoms with Crippen LogP contribution >= 0.6 is 0 Å². The van der Waals surface area contributed by atoms with Gasteiger partial charge in [-0.05, 0) is 17.3 Å².